The molecule has 152 valence electrons. The molecule has 0 radical (unpaired) electrons. The maximum atomic E-state index is 13.9. The number of carbonyl (C=O) groups is 1. The van der Waals surface area contributed by atoms with Gasteiger partial charge in [-0.15, -0.1) is 0 Å². The van der Waals surface area contributed by atoms with Gasteiger partial charge in [-0.1, -0.05) is 18.2 Å². The number of H-pyrrole nitrogens is 1. The van der Waals surface area contributed by atoms with Crippen molar-refractivity contribution in [2.45, 2.75) is 13.1 Å². The Morgan fingerprint density at radius 1 is 1.17 bits per heavy atom. The molecular formula is C19H16FN7O3. The van der Waals surface area contributed by atoms with Crippen molar-refractivity contribution >= 4 is 16.9 Å². The zero-order valence-corrected chi connectivity index (χ0v) is 15.6. The van der Waals surface area contributed by atoms with Crippen molar-refractivity contribution in [3.05, 3.63) is 86.7 Å². The molecule has 1 amide bonds. The Labute approximate surface area is 168 Å². The van der Waals surface area contributed by atoms with Crippen molar-refractivity contribution in [1.82, 2.24) is 34.8 Å². The van der Waals surface area contributed by atoms with E-state index in [1.807, 2.05) is 0 Å². The number of benzene rings is 1. The normalized spacial score (nSPS) is 11.0. The lowest BCUT2D eigenvalue weighted by Crippen LogP contribution is -2.29. The summed E-state index contributed by atoms with van der Waals surface area (Å²) < 4.78 is 16.7. The number of amides is 1. The molecule has 10 nitrogen and oxygen atoms in total. The molecule has 4 aromatic rings. The predicted molar refractivity (Wildman–Crippen MR) is 104 cm³/mol. The van der Waals surface area contributed by atoms with E-state index >= 15 is 0 Å². The number of hydrogen-bond acceptors (Lipinski definition) is 6. The fourth-order valence-corrected chi connectivity index (χ4v) is 2.92. The second-order valence-corrected chi connectivity index (χ2v) is 6.44. The van der Waals surface area contributed by atoms with E-state index in [1.54, 1.807) is 18.2 Å². The lowest BCUT2D eigenvalue weighted by molar-refractivity contribution is 0.0946. The molecule has 0 bridgehead atoms. The number of carbonyl (C=O) groups excluding carboxylic acids is 1. The van der Waals surface area contributed by atoms with Crippen LogP contribution in [0, 0.1) is 5.82 Å². The van der Waals surface area contributed by atoms with Gasteiger partial charge in [0.15, 0.2) is 5.65 Å². The third-order valence-electron chi connectivity index (χ3n) is 4.44. The molecule has 2 N–H and O–H groups in total. The standard InChI is InChI=1S/C19H16FN7O3/c20-14-4-2-1-3-12(14)10-26-11-22-17-13(19(26)30)9-23-27(17)8-7-21-18(29)15-5-6-16(28)25-24-15/h1-6,9,11H,7-8,10H2,(H,21,29)(H,25,28). The van der Waals surface area contributed by atoms with Gasteiger partial charge in [0.25, 0.3) is 17.0 Å². The number of rotatable bonds is 6. The summed E-state index contributed by atoms with van der Waals surface area (Å²) in [6.45, 7) is 0.528. The fourth-order valence-electron chi connectivity index (χ4n) is 2.92. The van der Waals surface area contributed by atoms with E-state index in [2.05, 4.69) is 25.6 Å². The zero-order valence-electron chi connectivity index (χ0n) is 15.6. The topological polar surface area (TPSA) is 128 Å². The lowest BCUT2D eigenvalue weighted by atomic mass is 10.2. The SMILES string of the molecule is O=C(NCCn1ncc2c(=O)n(Cc3ccccc3F)cnc21)c1ccc(=O)[nH]n1. The van der Waals surface area contributed by atoms with Gasteiger partial charge < -0.3 is 5.32 Å². The molecule has 0 aliphatic carbocycles. The largest absolute Gasteiger partial charge is 0.349 e. The van der Waals surface area contributed by atoms with Crippen LogP contribution in [0.1, 0.15) is 16.1 Å². The highest BCUT2D eigenvalue weighted by molar-refractivity contribution is 5.91. The van der Waals surface area contributed by atoms with Gasteiger partial charge in [-0.2, -0.15) is 10.2 Å². The molecule has 0 fully saturated rings. The molecule has 1 aromatic carbocycles. The van der Waals surface area contributed by atoms with Gasteiger partial charge in [0.05, 0.1) is 19.3 Å². The van der Waals surface area contributed by atoms with Gasteiger partial charge in [-0.05, 0) is 12.1 Å². The minimum Gasteiger partial charge on any atom is -0.349 e. The van der Waals surface area contributed by atoms with E-state index in [4.69, 9.17) is 0 Å². The Balaban J connectivity index is 1.47. The van der Waals surface area contributed by atoms with E-state index in [9.17, 15) is 18.8 Å². The average molecular weight is 409 g/mol. The van der Waals surface area contributed by atoms with Crippen LogP contribution in [-0.2, 0) is 13.1 Å². The quantitative estimate of drug-likeness (QED) is 0.471. The van der Waals surface area contributed by atoms with Crippen molar-refractivity contribution in [1.29, 1.82) is 0 Å². The van der Waals surface area contributed by atoms with Crippen LogP contribution in [0.3, 0.4) is 0 Å². The summed E-state index contributed by atoms with van der Waals surface area (Å²) >= 11 is 0. The summed E-state index contributed by atoms with van der Waals surface area (Å²) in [5.41, 5.74) is 0.0827. The Morgan fingerprint density at radius 3 is 2.77 bits per heavy atom. The number of hydrogen-bond donors (Lipinski definition) is 2. The second-order valence-electron chi connectivity index (χ2n) is 6.44. The minimum atomic E-state index is -0.456. The molecular weight excluding hydrogens is 393 g/mol. The first kappa shape index (κ1) is 19.2. The first-order valence-electron chi connectivity index (χ1n) is 9.01. The monoisotopic (exact) mass is 409 g/mol. The maximum Gasteiger partial charge on any atom is 0.271 e. The minimum absolute atomic E-state index is 0.0574. The highest BCUT2D eigenvalue weighted by Crippen LogP contribution is 2.09. The van der Waals surface area contributed by atoms with Gasteiger partial charge in [0, 0.05) is 18.2 Å². The third kappa shape index (κ3) is 3.85. The summed E-state index contributed by atoms with van der Waals surface area (Å²) in [6.07, 6.45) is 2.74. The van der Waals surface area contributed by atoms with Crippen LogP contribution in [0.15, 0.2) is 58.5 Å². The van der Waals surface area contributed by atoms with Crippen LogP contribution in [-0.4, -0.2) is 42.0 Å². The molecule has 0 aliphatic rings. The highest BCUT2D eigenvalue weighted by Gasteiger charge is 2.12. The summed E-state index contributed by atoms with van der Waals surface area (Å²) in [4.78, 5) is 40.0. The number of aromatic amines is 1. The van der Waals surface area contributed by atoms with Crippen molar-refractivity contribution in [2.24, 2.45) is 0 Å². The van der Waals surface area contributed by atoms with Crippen LogP contribution in [0.4, 0.5) is 4.39 Å². The van der Waals surface area contributed by atoms with E-state index in [0.29, 0.717) is 16.6 Å². The molecule has 11 heteroatoms. The van der Waals surface area contributed by atoms with Crippen molar-refractivity contribution in [3.63, 3.8) is 0 Å². The Kier molecular flexibility index (Phi) is 5.16. The number of fused-ring (bicyclic) bond motifs is 1. The van der Waals surface area contributed by atoms with Crippen LogP contribution in [0.2, 0.25) is 0 Å². The molecule has 4 rings (SSSR count). The molecule has 0 aliphatic heterocycles. The smallest absolute Gasteiger partial charge is 0.271 e. The van der Waals surface area contributed by atoms with Crippen molar-refractivity contribution in [3.8, 4) is 0 Å². The number of nitrogens with zero attached hydrogens (tertiary/aromatic N) is 5. The Morgan fingerprint density at radius 2 is 2.00 bits per heavy atom. The summed E-state index contributed by atoms with van der Waals surface area (Å²) in [7, 11) is 0. The second kappa shape index (κ2) is 8.07. The number of aromatic nitrogens is 6. The van der Waals surface area contributed by atoms with E-state index in [1.165, 1.54) is 40.0 Å². The summed E-state index contributed by atoms with van der Waals surface area (Å²) in [5.74, 6) is -0.851. The van der Waals surface area contributed by atoms with Crippen LogP contribution in [0.25, 0.3) is 11.0 Å². The molecule has 0 atom stereocenters. The summed E-state index contributed by atoms with van der Waals surface area (Å²) in [6, 6.07) is 8.75. The van der Waals surface area contributed by atoms with Gasteiger partial charge in [-0.25, -0.2) is 19.2 Å². The van der Waals surface area contributed by atoms with Crippen LogP contribution in [0.5, 0.6) is 0 Å². The number of halogens is 1. The first-order chi connectivity index (χ1) is 14.5. The molecule has 0 spiro atoms. The summed E-state index contributed by atoms with van der Waals surface area (Å²) in [5, 5.41) is 12.9. The van der Waals surface area contributed by atoms with Gasteiger partial charge in [0.1, 0.15) is 23.2 Å². The molecule has 30 heavy (non-hydrogen) atoms. The number of nitrogens with one attached hydrogen (secondary N) is 2. The first-order valence-corrected chi connectivity index (χ1v) is 9.01. The average Bonchev–Trinajstić information content (AvgIpc) is 3.16. The molecule has 3 heterocycles. The molecule has 0 unspecified atom stereocenters. The highest BCUT2D eigenvalue weighted by atomic mass is 19.1. The van der Waals surface area contributed by atoms with E-state index in [-0.39, 0.29) is 30.9 Å². The third-order valence-corrected chi connectivity index (χ3v) is 4.44. The van der Waals surface area contributed by atoms with Crippen molar-refractivity contribution in [2.75, 3.05) is 6.54 Å². The van der Waals surface area contributed by atoms with Crippen LogP contribution < -0.4 is 16.4 Å². The maximum absolute atomic E-state index is 13.9. The zero-order chi connectivity index (χ0) is 21.1. The van der Waals surface area contributed by atoms with Gasteiger partial charge in [-0.3, -0.25) is 19.0 Å². The van der Waals surface area contributed by atoms with Gasteiger partial charge in [0.2, 0.25) is 0 Å². The fraction of sp³-hybridized carbons (Fsp3) is 0.158. The molecule has 0 saturated heterocycles. The molecule has 0 saturated carbocycles. The van der Waals surface area contributed by atoms with E-state index < -0.39 is 17.3 Å². The van der Waals surface area contributed by atoms with E-state index in [0.717, 1.165) is 0 Å². The lowest BCUT2D eigenvalue weighted by Gasteiger charge is -2.08. The van der Waals surface area contributed by atoms with Crippen molar-refractivity contribution < 1.29 is 9.18 Å². The predicted octanol–water partition coefficient (Wildman–Crippen LogP) is 0.294. The molecule has 3 aromatic heterocycles. The van der Waals surface area contributed by atoms with Gasteiger partial charge >= 0.3 is 0 Å². The Hall–Kier alpha value is -4.15. The van der Waals surface area contributed by atoms with Crippen LogP contribution >= 0.6 is 0 Å². The Bertz CT molecular complexity index is 1320.